The van der Waals surface area contributed by atoms with Gasteiger partial charge in [0.05, 0.1) is 17.1 Å². The van der Waals surface area contributed by atoms with Crippen molar-refractivity contribution in [3.8, 4) is 0 Å². The van der Waals surface area contributed by atoms with Crippen LogP contribution >= 0.6 is 0 Å². The van der Waals surface area contributed by atoms with Crippen molar-refractivity contribution in [1.82, 2.24) is 4.72 Å². The van der Waals surface area contributed by atoms with Crippen molar-refractivity contribution in [2.24, 2.45) is 0 Å². The SMILES string of the molecule is CCCCN(CC(NS(=O)(=O)c1c(C)cc(C)cc1C)C(F)(F)F)c1ccc(C(=O)OCC)cc1. The maximum absolute atomic E-state index is 14.1. The largest absolute Gasteiger partial charge is 0.462 e. The number of ether oxygens (including phenoxy) is 1. The minimum atomic E-state index is -4.82. The molecule has 0 aliphatic heterocycles. The van der Waals surface area contributed by atoms with E-state index in [-0.39, 0.29) is 23.6 Å². The normalized spacial score (nSPS) is 12.9. The highest BCUT2D eigenvalue weighted by molar-refractivity contribution is 7.89. The number of carbonyl (C=O) groups is 1. The first-order valence-corrected chi connectivity index (χ1v) is 13.0. The second-order valence-electron chi connectivity index (χ2n) is 8.51. The van der Waals surface area contributed by atoms with Gasteiger partial charge < -0.3 is 9.64 Å². The summed E-state index contributed by atoms with van der Waals surface area (Å²) in [7, 11) is -4.45. The zero-order valence-electron chi connectivity index (χ0n) is 20.7. The van der Waals surface area contributed by atoms with Crippen molar-refractivity contribution in [2.45, 2.75) is 64.6 Å². The molecular formula is C25H33F3N2O4S. The van der Waals surface area contributed by atoms with E-state index in [4.69, 9.17) is 4.74 Å². The smallest absolute Gasteiger partial charge is 0.406 e. The van der Waals surface area contributed by atoms with E-state index in [1.165, 1.54) is 29.2 Å². The third-order valence-electron chi connectivity index (χ3n) is 5.49. The number of hydrogen-bond acceptors (Lipinski definition) is 5. The summed E-state index contributed by atoms with van der Waals surface area (Å²) in [6.07, 6.45) is -3.48. The average molecular weight is 515 g/mol. The molecule has 0 fully saturated rings. The van der Waals surface area contributed by atoms with Crippen LogP contribution in [0.3, 0.4) is 0 Å². The van der Waals surface area contributed by atoms with Crippen LogP contribution < -0.4 is 9.62 Å². The van der Waals surface area contributed by atoms with Gasteiger partial charge in [-0.15, -0.1) is 0 Å². The molecule has 0 aromatic heterocycles. The lowest BCUT2D eigenvalue weighted by Gasteiger charge is -2.31. The highest BCUT2D eigenvalue weighted by Gasteiger charge is 2.43. The van der Waals surface area contributed by atoms with Crippen molar-refractivity contribution < 1.29 is 31.1 Å². The van der Waals surface area contributed by atoms with Crippen LogP contribution in [0.5, 0.6) is 0 Å². The van der Waals surface area contributed by atoms with E-state index in [2.05, 4.69) is 0 Å². The van der Waals surface area contributed by atoms with Crippen LogP contribution in [0, 0.1) is 20.8 Å². The van der Waals surface area contributed by atoms with Gasteiger partial charge in [0.1, 0.15) is 6.04 Å². The Kier molecular flexibility index (Phi) is 9.74. The molecule has 0 spiro atoms. The first kappa shape index (κ1) is 28.6. The Morgan fingerprint density at radius 1 is 1.06 bits per heavy atom. The Hall–Kier alpha value is -2.59. The van der Waals surface area contributed by atoms with Crippen LogP contribution in [0.15, 0.2) is 41.3 Å². The first-order valence-electron chi connectivity index (χ1n) is 11.5. The lowest BCUT2D eigenvalue weighted by molar-refractivity contribution is -0.149. The summed E-state index contributed by atoms with van der Waals surface area (Å²) >= 11 is 0. The van der Waals surface area contributed by atoms with Crippen molar-refractivity contribution in [3.63, 3.8) is 0 Å². The molecule has 6 nitrogen and oxygen atoms in total. The molecule has 1 atom stereocenters. The molecular weight excluding hydrogens is 481 g/mol. The van der Waals surface area contributed by atoms with E-state index in [0.717, 1.165) is 12.0 Å². The van der Waals surface area contributed by atoms with E-state index in [0.29, 0.717) is 23.2 Å². The van der Waals surface area contributed by atoms with E-state index >= 15 is 0 Å². The highest BCUT2D eigenvalue weighted by Crippen LogP contribution is 2.28. The Labute approximate surface area is 205 Å². The van der Waals surface area contributed by atoms with Crippen LogP contribution in [0.2, 0.25) is 0 Å². The quantitative estimate of drug-likeness (QED) is 0.412. The molecule has 0 saturated heterocycles. The summed E-state index contributed by atoms with van der Waals surface area (Å²) in [6, 6.07) is 6.96. The molecule has 2 aromatic rings. The van der Waals surface area contributed by atoms with Crippen LogP contribution in [0.1, 0.15) is 53.7 Å². The third-order valence-corrected chi connectivity index (χ3v) is 7.27. The fourth-order valence-corrected chi connectivity index (χ4v) is 5.63. The van der Waals surface area contributed by atoms with Gasteiger partial charge in [0.2, 0.25) is 10.0 Å². The number of hydrogen-bond donors (Lipinski definition) is 1. The van der Waals surface area contributed by atoms with Crippen molar-refractivity contribution in [3.05, 3.63) is 58.7 Å². The minimum absolute atomic E-state index is 0.142. The van der Waals surface area contributed by atoms with Crippen molar-refractivity contribution >= 4 is 21.7 Å². The van der Waals surface area contributed by atoms with E-state index in [1.807, 2.05) is 11.6 Å². The van der Waals surface area contributed by atoms with Crippen LogP contribution in [0.25, 0.3) is 0 Å². The predicted molar refractivity (Wildman–Crippen MR) is 130 cm³/mol. The molecule has 1 N–H and O–H groups in total. The molecule has 0 aliphatic carbocycles. The molecule has 0 amide bonds. The summed E-state index contributed by atoms with van der Waals surface area (Å²) < 4.78 is 75.2. The molecule has 0 radical (unpaired) electrons. The lowest BCUT2D eigenvalue weighted by atomic mass is 10.1. The molecule has 2 rings (SSSR count). The fourth-order valence-electron chi connectivity index (χ4n) is 3.96. The fraction of sp³-hybridized carbons (Fsp3) is 0.480. The molecule has 2 aromatic carbocycles. The lowest BCUT2D eigenvalue weighted by Crippen LogP contribution is -2.52. The van der Waals surface area contributed by atoms with Gasteiger partial charge in [0.25, 0.3) is 0 Å². The number of carbonyl (C=O) groups excluding carboxylic acids is 1. The average Bonchev–Trinajstić information content (AvgIpc) is 2.74. The molecule has 1 unspecified atom stereocenters. The second-order valence-corrected chi connectivity index (χ2v) is 10.2. The standard InChI is InChI=1S/C25H33F3N2O4S/c1-6-8-13-30(21-11-9-20(10-12-21)24(31)34-7-2)16-22(25(26,27)28)29-35(32,33)23-18(4)14-17(3)15-19(23)5/h9-12,14-15,22,29H,6-8,13,16H2,1-5H3. The molecule has 10 heteroatoms. The minimum Gasteiger partial charge on any atom is -0.462 e. The van der Waals surface area contributed by atoms with Gasteiger partial charge in [0.15, 0.2) is 0 Å². The number of unbranched alkanes of at least 4 members (excludes halogenated alkanes) is 1. The summed E-state index contributed by atoms with van der Waals surface area (Å²) in [5, 5.41) is 0. The molecule has 0 heterocycles. The zero-order chi connectivity index (χ0) is 26.4. The number of rotatable bonds is 11. The number of halogens is 3. The van der Waals surface area contributed by atoms with E-state index in [1.54, 1.807) is 39.8 Å². The number of nitrogens with zero attached hydrogens (tertiary/aromatic N) is 1. The number of sulfonamides is 1. The van der Waals surface area contributed by atoms with Crippen molar-refractivity contribution in [1.29, 1.82) is 0 Å². The Bertz CT molecular complexity index is 1090. The monoisotopic (exact) mass is 514 g/mol. The second kappa shape index (κ2) is 11.9. The number of benzene rings is 2. The van der Waals surface area contributed by atoms with Gasteiger partial charge in [-0.1, -0.05) is 31.0 Å². The van der Waals surface area contributed by atoms with Crippen molar-refractivity contribution in [2.75, 3.05) is 24.6 Å². The summed E-state index contributed by atoms with van der Waals surface area (Å²) in [4.78, 5) is 13.3. The van der Waals surface area contributed by atoms with Gasteiger partial charge in [-0.25, -0.2) is 13.2 Å². The van der Waals surface area contributed by atoms with Gasteiger partial charge in [-0.3, -0.25) is 0 Å². The number of aryl methyl sites for hydroxylation is 3. The molecule has 0 saturated carbocycles. The van der Waals surface area contributed by atoms with Gasteiger partial charge in [-0.2, -0.15) is 17.9 Å². The van der Waals surface area contributed by atoms with Gasteiger partial charge in [-0.05, 0) is 69.5 Å². The number of esters is 1. The molecule has 35 heavy (non-hydrogen) atoms. The molecule has 0 bridgehead atoms. The Morgan fingerprint density at radius 2 is 1.63 bits per heavy atom. The third kappa shape index (κ3) is 7.70. The first-order chi connectivity index (χ1) is 16.3. The number of anilines is 1. The van der Waals surface area contributed by atoms with Gasteiger partial charge >= 0.3 is 12.1 Å². The predicted octanol–water partition coefficient (Wildman–Crippen LogP) is 5.30. The van der Waals surface area contributed by atoms with E-state index < -0.39 is 34.8 Å². The maximum atomic E-state index is 14.1. The topological polar surface area (TPSA) is 75.7 Å². The number of nitrogens with one attached hydrogen (secondary N) is 1. The van der Waals surface area contributed by atoms with Gasteiger partial charge in [0, 0.05) is 18.8 Å². The van der Waals surface area contributed by atoms with Crippen LogP contribution in [0.4, 0.5) is 18.9 Å². The summed E-state index contributed by atoms with van der Waals surface area (Å²) in [5.74, 6) is -0.524. The Balaban J connectivity index is 2.38. The number of alkyl halides is 3. The molecule has 0 aliphatic rings. The van der Waals surface area contributed by atoms with Crippen LogP contribution in [-0.2, 0) is 14.8 Å². The highest BCUT2D eigenvalue weighted by atomic mass is 32.2. The summed E-state index contributed by atoms with van der Waals surface area (Å²) in [5.41, 5.74) is 2.32. The molecule has 194 valence electrons. The summed E-state index contributed by atoms with van der Waals surface area (Å²) in [6.45, 7) is 8.38. The van der Waals surface area contributed by atoms with Crippen LogP contribution in [-0.4, -0.2) is 46.3 Å². The van der Waals surface area contributed by atoms with E-state index in [9.17, 15) is 26.4 Å². The Morgan fingerprint density at radius 3 is 2.11 bits per heavy atom. The maximum Gasteiger partial charge on any atom is 0.406 e. The zero-order valence-corrected chi connectivity index (χ0v) is 21.5.